The molecule has 112 valence electrons. The average molecular weight is 290 g/mol. The lowest BCUT2D eigenvalue weighted by Crippen LogP contribution is -2.36. The van der Waals surface area contributed by atoms with Gasteiger partial charge in [0.25, 0.3) is 0 Å². The van der Waals surface area contributed by atoms with Crippen LogP contribution in [-0.2, 0) is 16.1 Å². The molecule has 0 aromatic heterocycles. The van der Waals surface area contributed by atoms with E-state index < -0.39 is 12.8 Å². The minimum Gasteiger partial charge on any atom is -0.378 e. The summed E-state index contributed by atoms with van der Waals surface area (Å²) in [4.78, 5) is 6.56. The van der Waals surface area contributed by atoms with E-state index in [2.05, 4.69) is 15.2 Å². The quantitative estimate of drug-likeness (QED) is 0.665. The van der Waals surface area contributed by atoms with Gasteiger partial charge in [-0.25, -0.2) is 0 Å². The van der Waals surface area contributed by atoms with Gasteiger partial charge in [-0.3, -0.25) is 4.84 Å². The Morgan fingerprint density at radius 2 is 1.80 bits per heavy atom. The van der Waals surface area contributed by atoms with Crippen LogP contribution >= 0.6 is 0 Å². The SMILES string of the molecule is FC(F)(F)CONCc1ccc(N2CCOCC2)cc1. The zero-order valence-electron chi connectivity index (χ0n) is 10.9. The van der Waals surface area contributed by atoms with Crippen LogP contribution in [0.25, 0.3) is 0 Å². The summed E-state index contributed by atoms with van der Waals surface area (Å²) >= 11 is 0. The van der Waals surface area contributed by atoms with Crippen LogP contribution in [0, 0.1) is 0 Å². The number of rotatable bonds is 5. The van der Waals surface area contributed by atoms with Crippen LogP contribution in [0.3, 0.4) is 0 Å². The van der Waals surface area contributed by atoms with Gasteiger partial charge in [0.1, 0.15) is 0 Å². The lowest BCUT2D eigenvalue weighted by Gasteiger charge is -2.28. The molecule has 0 saturated carbocycles. The number of hydroxylamine groups is 1. The minimum absolute atomic E-state index is 0.236. The Balaban J connectivity index is 1.76. The van der Waals surface area contributed by atoms with Gasteiger partial charge in [0.05, 0.1) is 13.2 Å². The molecule has 1 aromatic rings. The van der Waals surface area contributed by atoms with E-state index in [9.17, 15) is 13.2 Å². The first-order valence-corrected chi connectivity index (χ1v) is 6.38. The number of hydrogen-bond acceptors (Lipinski definition) is 4. The first-order chi connectivity index (χ1) is 9.54. The predicted molar refractivity (Wildman–Crippen MR) is 68.3 cm³/mol. The Bertz CT molecular complexity index is 403. The molecule has 20 heavy (non-hydrogen) atoms. The van der Waals surface area contributed by atoms with Crippen molar-refractivity contribution in [3.63, 3.8) is 0 Å². The predicted octanol–water partition coefficient (Wildman–Crippen LogP) is 2.11. The van der Waals surface area contributed by atoms with Crippen molar-refractivity contribution in [3.8, 4) is 0 Å². The van der Waals surface area contributed by atoms with E-state index in [1.54, 1.807) is 0 Å². The van der Waals surface area contributed by atoms with Gasteiger partial charge in [-0.1, -0.05) is 12.1 Å². The summed E-state index contributed by atoms with van der Waals surface area (Å²) < 4.78 is 40.9. The van der Waals surface area contributed by atoms with Crippen LogP contribution in [0.2, 0.25) is 0 Å². The number of alkyl halides is 3. The number of nitrogens with one attached hydrogen (secondary N) is 1. The fraction of sp³-hybridized carbons (Fsp3) is 0.538. The minimum atomic E-state index is -4.31. The van der Waals surface area contributed by atoms with Gasteiger partial charge >= 0.3 is 6.18 Å². The van der Waals surface area contributed by atoms with E-state index >= 15 is 0 Å². The van der Waals surface area contributed by atoms with Gasteiger partial charge in [0.2, 0.25) is 0 Å². The Morgan fingerprint density at radius 1 is 1.15 bits per heavy atom. The lowest BCUT2D eigenvalue weighted by molar-refractivity contribution is -0.190. The highest BCUT2D eigenvalue weighted by atomic mass is 19.4. The Morgan fingerprint density at radius 3 is 2.40 bits per heavy atom. The van der Waals surface area contributed by atoms with E-state index in [4.69, 9.17) is 4.74 Å². The summed E-state index contributed by atoms with van der Waals surface area (Å²) in [5.41, 5.74) is 4.26. The summed E-state index contributed by atoms with van der Waals surface area (Å²) in [5.74, 6) is 0. The van der Waals surface area contributed by atoms with Crippen LogP contribution in [-0.4, -0.2) is 39.1 Å². The van der Waals surface area contributed by atoms with Crippen LogP contribution in [0.4, 0.5) is 18.9 Å². The topological polar surface area (TPSA) is 33.7 Å². The first-order valence-electron chi connectivity index (χ1n) is 6.38. The second-order valence-electron chi connectivity index (χ2n) is 4.49. The highest BCUT2D eigenvalue weighted by molar-refractivity contribution is 5.47. The van der Waals surface area contributed by atoms with Gasteiger partial charge in [-0.15, -0.1) is 0 Å². The number of morpholine rings is 1. The molecule has 0 aliphatic carbocycles. The van der Waals surface area contributed by atoms with Crippen molar-refractivity contribution in [2.75, 3.05) is 37.8 Å². The maximum absolute atomic E-state index is 11.9. The van der Waals surface area contributed by atoms with Gasteiger partial charge in [0.15, 0.2) is 6.61 Å². The van der Waals surface area contributed by atoms with Crippen molar-refractivity contribution in [3.05, 3.63) is 29.8 Å². The molecular weight excluding hydrogens is 273 g/mol. The second-order valence-corrected chi connectivity index (χ2v) is 4.49. The van der Waals surface area contributed by atoms with Crippen LogP contribution in [0.15, 0.2) is 24.3 Å². The average Bonchev–Trinajstić information content (AvgIpc) is 2.44. The van der Waals surface area contributed by atoms with Crippen molar-refractivity contribution in [1.82, 2.24) is 5.48 Å². The van der Waals surface area contributed by atoms with Gasteiger partial charge in [-0.05, 0) is 17.7 Å². The summed E-state index contributed by atoms with van der Waals surface area (Å²) in [6.07, 6.45) is -4.31. The zero-order valence-corrected chi connectivity index (χ0v) is 10.9. The van der Waals surface area contributed by atoms with Gasteiger partial charge in [0, 0.05) is 25.3 Å². The molecule has 0 radical (unpaired) electrons. The van der Waals surface area contributed by atoms with Crippen molar-refractivity contribution >= 4 is 5.69 Å². The van der Waals surface area contributed by atoms with Crippen molar-refractivity contribution in [2.45, 2.75) is 12.7 Å². The monoisotopic (exact) mass is 290 g/mol. The number of hydrogen-bond donors (Lipinski definition) is 1. The number of nitrogens with zero attached hydrogens (tertiary/aromatic N) is 1. The fourth-order valence-electron chi connectivity index (χ4n) is 1.91. The maximum atomic E-state index is 11.9. The molecule has 1 saturated heterocycles. The molecule has 0 atom stereocenters. The van der Waals surface area contributed by atoms with E-state index in [0.29, 0.717) is 13.2 Å². The highest BCUT2D eigenvalue weighted by Crippen LogP contribution is 2.17. The summed E-state index contributed by atoms with van der Waals surface area (Å²) in [6, 6.07) is 7.64. The normalized spacial score (nSPS) is 16.4. The van der Waals surface area contributed by atoms with Gasteiger partial charge in [-0.2, -0.15) is 18.7 Å². The Labute approximate surface area is 115 Å². The summed E-state index contributed by atoms with van der Waals surface area (Å²) in [7, 11) is 0. The molecule has 1 aliphatic heterocycles. The van der Waals surface area contributed by atoms with Crippen LogP contribution in [0.5, 0.6) is 0 Å². The maximum Gasteiger partial charge on any atom is 0.413 e. The zero-order chi connectivity index (χ0) is 14.4. The smallest absolute Gasteiger partial charge is 0.378 e. The Kier molecular flexibility index (Phi) is 5.22. The summed E-state index contributed by atoms with van der Waals surface area (Å²) in [6.45, 7) is 2.08. The molecule has 7 heteroatoms. The molecule has 0 spiro atoms. The second kappa shape index (κ2) is 6.92. The fourth-order valence-corrected chi connectivity index (χ4v) is 1.91. The van der Waals surface area contributed by atoms with Crippen LogP contribution in [0.1, 0.15) is 5.56 Å². The van der Waals surface area contributed by atoms with E-state index in [1.807, 2.05) is 24.3 Å². The third kappa shape index (κ3) is 4.99. The molecule has 0 unspecified atom stereocenters. The highest BCUT2D eigenvalue weighted by Gasteiger charge is 2.27. The molecule has 1 aromatic carbocycles. The number of ether oxygens (including phenoxy) is 1. The first kappa shape index (κ1) is 15.1. The molecule has 2 rings (SSSR count). The molecule has 1 fully saturated rings. The molecule has 4 nitrogen and oxygen atoms in total. The summed E-state index contributed by atoms with van der Waals surface area (Å²) in [5, 5.41) is 0. The molecule has 1 heterocycles. The molecule has 0 amide bonds. The number of halogens is 3. The van der Waals surface area contributed by atoms with Crippen molar-refractivity contribution in [2.24, 2.45) is 0 Å². The molecule has 1 aliphatic rings. The third-order valence-corrected chi connectivity index (χ3v) is 2.93. The molecule has 1 N–H and O–H groups in total. The van der Waals surface area contributed by atoms with Crippen LogP contribution < -0.4 is 10.4 Å². The number of benzene rings is 1. The van der Waals surface area contributed by atoms with Crippen molar-refractivity contribution in [1.29, 1.82) is 0 Å². The Hall–Kier alpha value is -1.31. The van der Waals surface area contributed by atoms with E-state index in [1.165, 1.54) is 0 Å². The van der Waals surface area contributed by atoms with Gasteiger partial charge < -0.3 is 9.64 Å². The largest absolute Gasteiger partial charge is 0.413 e. The molecular formula is C13H17F3N2O2. The third-order valence-electron chi connectivity index (χ3n) is 2.93. The van der Waals surface area contributed by atoms with E-state index in [-0.39, 0.29) is 6.54 Å². The van der Waals surface area contributed by atoms with Crippen molar-refractivity contribution < 1.29 is 22.7 Å². The van der Waals surface area contributed by atoms with E-state index in [0.717, 1.165) is 24.3 Å². The lowest BCUT2D eigenvalue weighted by atomic mass is 10.2. The standard InChI is InChI=1S/C13H17F3N2O2/c14-13(15,16)10-20-17-9-11-1-3-12(4-2-11)18-5-7-19-8-6-18/h1-4,17H,5-10H2. The molecule has 0 bridgehead atoms. The number of anilines is 1.